The van der Waals surface area contributed by atoms with Gasteiger partial charge >= 0.3 is 0 Å². The zero-order chi connectivity index (χ0) is 22.1. The number of aliphatic imine (C=N–C) groups is 1. The molecule has 4 rings (SSSR count). The molecule has 3 atom stereocenters. The predicted molar refractivity (Wildman–Crippen MR) is 116 cm³/mol. The number of aromatic nitrogens is 3. The van der Waals surface area contributed by atoms with E-state index in [0.29, 0.717) is 18.7 Å². The largest absolute Gasteiger partial charge is 0.381 e. The van der Waals surface area contributed by atoms with Gasteiger partial charge in [-0.25, -0.2) is 18.3 Å². The summed E-state index contributed by atoms with van der Waals surface area (Å²) >= 11 is 0. The average Bonchev–Trinajstić information content (AvgIpc) is 3.26. The van der Waals surface area contributed by atoms with Crippen molar-refractivity contribution < 1.29 is 13.6 Å². The standard InChI is InChI=1S/C21H25F2N7O/c1-12-3-4-13(2)26-21(31)18-19(24)28-30-8-7-17(27-20(18)30)29-11-15(23)9-16(29)6-5-14(22)10-25-12/h5-8,10,13,15-16H,3-4,9,11H2,1-2H3,(H2,24,28)(H,26,31)/b6-5+,14-10+,25-12+/t13-,15-,16?/m1/s1. The molecule has 1 unspecified atom stereocenters. The molecule has 3 N–H and O–H groups in total. The van der Waals surface area contributed by atoms with Crippen molar-refractivity contribution in [1.82, 2.24) is 19.9 Å². The van der Waals surface area contributed by atoms with Crippen LogP contribution in [0.5, 0.6) is 0 Å². The second-order valence-electron chi connectivity index (χ2n) is 8.02. The molecule has 1 saturated heterocycles. The normalized spacial score (nSPS) is 29.6. The van der Waals surface area contributed by atoms with Gasteiger partial charge in [-0.1, -0.05) is 6.08 Å². The molecule has 164 valence electrons. The Hall–Kier alpha value is -3.30. The molecule has 2 bridgehead atoms. The number of hydrogen-bond donors (Lipinski definition) is 2. The van der Waals surface area contributed by atoms with Gasteiger partial charge in [0.25, 0.3) is 5.91 Å². The predicted octanol–water partition coefficient (Wildman–Crippen LogP) is 2.97. The van der Waals surface area contributed by atoms with E-state index in [4.69, 9.17) is 5.73 Å². The van der Waals surface area contributed by atoms with Crippen LogP contribution in [-0.4, -0.2) is 51.0 Å². The summed E-state index contributed by atoms with van der Waals surface area (Å²) in [5.74, 6) is -0.360. The lowest BCUT2D eigenvalue weighted by molar-refractivity contribution is 0.0941. The molecule has 4 heterocycles. The molecule has 0 spiro atoms. The van der Waals surface area contributed by atoms with Gasteiger partial charge in [-0.05, 0) is 38.8 Å². The second kappa shape index (κ2) is 8.44. The molecule has 8 nitrogen and oxygen atoms in total. The summed E-state index contributed by atoms with van der Waals surface area (Å²) in [4.78, 5) is 23.4. The van der Waals surface area contributed by atoms with Crippen LogP contribution in [0.1, 0.15) is 43.5 Å². The first-order valence-electron chi connectivity index (χ1n) is 10.3. The third kappa shape index (κ3) is 4.42. The maximum atomic E-state index is 14.2. The van der Waals surface area contributed by atoms with Gasteiger partial charge in [0.05, 0.1) is 18.8 Å². The van der Waals surface area contributed by atoms with Crippen LogP contribution in [0.15, 0.2) is 41.4 Å². The van der Waals surface area contributed by atoms with Crippen molar-refractivity contribution in [2.45, 2.75) is 51.4 Å². The number of carbonyl (C=O) groups excluding carboxylic acids is 1. The molecule has 2 aliphatic heterocycles. The van der Waals surface area contributed by atoms with Crippen LogP contribution in [0.25, 0.3) is 5.65 Å². The van der Waals surface area contributed by atoms with Crippen molar-refractivity contribution in [2.24, 2.45) is 4.99 Å². The highest BCUT2D eigenvalue weighted by atomic mass is 19.1. The highest BCUT2D eigenvalue weighted by Gasteiger charge is 2.32. The quantitative estimate of drug-likeness (QED) is 0.671. The number of nitrogens with one attached hydrogen (secondary N) is 1. The Morgan fingerprint density at radius 3 is 2.97 bits per heavy atom. The fourth-order valence-corrected chi connectivity index (χ4v) is 3.85. The smallest absolute Gasteiger partial charge is 0.259 e. The molecule has 0 aliphatic carbocycles. The Bertz CT molecular complexity index is 1090. The number of rotatable bonds is 0. The van der Waals surface area contributed by atoms with Gasteiger partial charge in [-0.15, -0.1) is 5.10 Å². The van der Waals surface area contributed by atoms with Crippen LogP contribution in [-0.2, 0) is 0 Å². The van der Waals surface area contributed by atoms with E-state index in [1.807, 2.05) is 6.92 Å². The molecule has 2 aromatic rings. The van der Waals surface area contributed by atoms with Crippen LogP contribution < -0.4 is 16.0 Å². The van der Waals surface area contributed by atoms with E-state index in [1.54, 1.807) is 30.2 Å². The Balaban J connectivity index is 1.80. The summed E-state index contributed by atoms with van der Waals surface area (Å²) in [6.45, 7) is 3.79. The maximum Gasteiger partial charge on any atom is 0.259 e. The van der Waals surface area contributed by atoms with Crippen LogP contribution >= 0.6 is 0 Å². The summed E-state index contributed by atoms with van der Waals surface area (Å²) in [5, 5.41) is 7.08. The number of alkyl halides is 1. The maximum absolute atomic E-state index is 14.2. The number of anilines is 2. The zero-order valence-electron chi connectivity index (χ0n) is 17.4. The third-order valence-electron chi connectivity index (χ3n) is 5.51. The summed E-state index contributed by atoms with van der Waals surface area (Å²) in [5.41, 5.74) is 7.22. The summed E-state index contributed by atoms with van der Waals surface area (Å²) in [7, 11) is 0. The Morgan fingerprint density at radius 1 is 1.35 bits per heavy atom. The number of nitrogens with zero attached hydrogens (tertiary/aromatic N) is 5. The highest BCUT2D eigenvalue weighted by Crippen LogP contribution is 2.28. The van der Waals surface area contributed by atoms with Gasteiger partial charge < -0.3 is 16.0 Å². The highest BCUT2D eigenvalue weighted by molar-refractivity contribution is 6.04. The second-order valence-corrected chi connectivity index (χ2v) is 8.02. The van der Waals surface area contributed by atoms with Gasteiger partial charge in [-0.3, -0.25) is 9.79 Å². The van der Waals surface area contributed by atoms with E-state index in [-0.39, 0.29) is 48.0 Å². The number of allylic oxidation sites excluding steroid dienone is 2. The Morgan fingerprint density at radius 2 is 2.16 bits per heavy atom. The van der Waals surface area contributed by atoms with Crippen molar-refractivity contribution in [3.05, 3.63) is 42.0 Å². The summed E-state index contributed by atoms with van der Waals surface area (Å²) in [6.07, 6.45) is 6.04. The minimum Gasteiger partial charge on any atom is -0.381 e. The van der Waals surface area contributed by atoms with Crippen LogP contribution in [0.4, 0.5) is 20.4 Å². The Labute approximate surface area is 178 Å². The van der Waals surface area contributed by atoms with Gasteiger partial charge in [0, 0.05) is 24.4 Å². The minimum atomic E-state index is -1.08. The lowest BCUT2D eigenvalue weighted by Crippen LogP contribution is -2.33. The van der Waals surface area contributed by atoms with Crippen molar-refractivity contribution in [1.29, 1.82) is 0 Å². The van der Waals surface area contributed by atoms with Crippen LogP contribution in [0, 0.1) is 0 Å². The van der Waals surface area contributed by atoms with E-state index >= 15 is 0 Å². The molecule has 31 heavy (non-hydrogen) atoms. The van der Waals surface area contributed by atoms with Gasteiger partial charge in [-0.2, -0.15) is 0 Å². The van der Waals surface area contributed by atoms with E-state index in [2.05, 4.69) is 20.4 Å². The third-order valence-corrected chi connectivity index (χ3v) is 5.51. The molecular weight excluding hydrogens is 404 g/mol. The SMILES string of the molecule is C\C1=N/C=C(F)\C=C\C2C[C@@H](F)CN2c2ccn3nc(N)c(c3n2)C(=O)N[C@H](C)CC1. The first kappa shape index (κ1) is 21.0. The average molecular weight is 429 g/mol. The molecular formula is C21H25F2N7O. The molecule has 1 fully saturated rings. The fourth-order valence-electron chi connectivity index (χ4n) is 3.85. The molecule has 0 saturated carbocycles. The monoisotopic (exact) mass is 429 g/mol. The van der Waals surface area contributed by atoms with Crippen molar-refractivity contribution in [3.63, 3.8) is 0 Å². The van der Waals surface area contributed by atoms with Crippen molar-refractivity contribution in [2.75, 3.05) is 17.2 Å². The molecule has 0 aromatic carbocycles. The van der Waals surface area contributed by atoms with Crippen LogP contribution in [0.3, 0.4) is 0 Å². The number of halogens is 2. The van der Waals surface area contributed by atoms with Gasteiger partial charge in [0.2, 0.25) is 0 Å². The molecule has 0 radical (unpaired) electrons. The number of fused-ring (bicyclic) bond motifs is 3. The van der Waals surface area contributed by atoms with Gasteiger partial charge in [0.15, 0.2) is 11.5 Å². The molecule has 1 amide bonds. The van der Waals surface area contributed by atoms with Gasteiger partial charge in [0.1, 0.15) is 23.4 Å². The van der Waals surface area contributed by atoms with Crippen molar-refractivity contribution >= 4 is 28.9 Å². The van der Waals surface area contributed by atoms with Crippen LogP contribution in [0.2, 0.25) is 0 Å². The number of carbonyl (C=O) groups is 1. The number of nitrogen functional groups attached to an aromatic ring is 1. The van der Waals surface area contributed by atoms with E-state index in [9.17, 15) is 13.6 Å². The number of hydrogen-bond acceptors (Lipinski definition) is 6. The van der Waals surface area contributed by atoms with Crippen molar-refractivity contribution in [3.8, 4) is 0 Å². The fraction of sp³-hybridized carbons (Fsp3) is 0.429. The molecule has 2 aliphatic rings. The summed E-state index contributed by atoms with van der Waals surface area (Å²) < 4.78 is 29.9. The molecule has 10 heteroatoms. The molecule has 2 aromatic heterocycles. The number of amides is 1. The van der Waals surface area contributed by atoms with E-state index in [0.717, 1.165) is 11.9 Å². The zero-order valence-corrected chi connectivity index (χ0v) is 17.4. The number of nitrogens with two attached hydrogens (primary N) is 1. The lowest BCUT2D eigenvalue weighted by Gasteiger charge is -2.23. The first-order valence-corrected chi connectivity index (χ1v) is 10.3. The lowest BCUT2D eigenvalue weighted by atomic mass is 10.1. The minimum absolute atomic E-state index is 0.0671. The van der Waals surface area contributed by atoms with E-state index < -0.39 is 12.0 Å². The summed E-state index contributed by atoms with van der Waals surface area (Å²) in [6, 6.07) is 1.12. The topological polar surface area (TPSA) is 101 Å². The van der Waals surface area contributed by atoms with E-state index in [1.165, 1.54) is 10.6 Å². The Kier molecular flexibility index (Phi) is 5.71. The first-order chi connectivity index (χ1) is 14.8.